The number of rotatable bonds is 4. The standard InChI is InChI=1S/C19H16Cl2O4/c1-10-4-3-5-12(6-10)19(2)8-11-7-13(25-9-14(22)23)16(20)17(21)15(11)18(19)24/h3-7H,8-9H2,1-2H3,(H,22,23). The molecule has 2 aromatic carbocycles. The largest absolute Gasteiger partial charge is 0.480 e. The number of Topliss-reactive ketones (excluding diaryl/α,β-unsaturated/α-hetero) is 1. The number of halogens is 2. The number of aryl methyl sites for hydroxylation is 1. The van der Waals surface area contributed by atoms with Gasteiger partial charge in [-0.25, -0.2) is 4.79 Å². The molecule has 0 amide bonds. The molecule has 1 atom stereocenters. The van der Waals surface area contributed by atoms with Crippen molar-refractivity contribution in [2.75, 3.05) is 6.61 Å². The second kappa shape index (κ2) is 6.36. The van der Waals surface area contributed by atoms with E-state index in [1.165, 1.54) is 0 Å². The molecule has 6 heteroatoms. The summed E-state index contributed by atoms with van der Waals surface area (Å²) in [6.07, 6.45) is 0.449. The number of aliphatic carboxylic acids is 1. The Hall–Kier alpha value is -2.04. The van der Waals surface area contributed by atoms with E-state index in [0.717, 1.165) is 11.1 Å². The summed E-state index contributed by atoms with van der Waals surface area (Å²) in [6.45, 7) is 3.32. The van der Waals surface area contributed by atoms with E-state index < -0.39 is 18.0 Å². The van der Waals surface area contributed by atoms with Crippen molar-refractivity contribution in [1.82, 2.24) is 0 Å². The summed E-state index contributed by atoms with van der Waals surface area (Å²) in [5, 5.41) is 8.94. The first-order chi connectivity index (χ1) is 11.7. The van der Waals surface area contributed by atoms with Crippen LogP contribution in [0.25, 0.3) is 0 Å². The van der Waals surface area contributed by atoms with Crippen LogP contribution in [-0.4, -0.2) is 23.5 Å². The van der Waals surface area contributed by atoms with Crippen molar-refractivity contribution in [3.05, 3.63) is 62.6 Å². The summed E-state index contributed by atoms with van der Waals surface area (Å²) in [5.41, 5.74) is 2.33. The van der Waals surface area contributed by atoms with E-state index in [1.807, 2.05) is 38.1 Å². The number of carbonyl (C=O) groups is 2. The first kappa shape index (κ1) is 17.8. The maximum absolute atomic E-state index is 13.1. The molecule has 3 rings (SSSR count). The fraction of sp³-hybridized carbons (Fsp3) is 0.263. The Labute approximate surface area is 155 Å². The summed E-state index contributed by atoms with van der Waals surface area (Å²) in [7, 11) is 0. The second-order valence-electron chi connectivity index (χ2n) is 6.43. The summed E-state index contributed by atoms with van der Waals surface area (Å²) in [5.74, 6) is -1.03. The molecule has 25 heavy (non-hydrogen) atoms. The normalized spacial score (nSPS) is 19.0. The van der Waals surface area contributed by atoms with E-state index in [9.17, 15) is 9.59 Å². The van der Waals surface area contributed by atoms with Crippen molar-refractivity contribution >= 4 is 35.0 Å². The fourth-order valence-electron chi connectivity index (χ4n) is 3.24. The SMILES string of the molecule is Cc1cccc(C2(C)Cc3cc(OCC(=O)O)c(Cl)c(Cl)c3C2=O)c1. The van der Waals surface area contributed by atoms with Crippen LogP contribution in [0.5, 0.6) is 5.75 Å². The zero-order chi connectivity index (χ0) is 18.4. The van der Waals surface area contributed by atoms with Gasteiger partial charge in [-0.2, -0.15) is 0 Å². The quantitative estimate of drug-likeness (QED) is 0.852. The molecule has 0 aromatic heterocycles. The van der Waals surface area contributed by atoms with Gasteiger partial charge in [0.1, 0.15) is 10.8 Å². The zero-order valence-corrected chi connectivity index (χ0v) is 15.2. The Bertz CT molecular complexity index is 891. The van der Waals surface area contributed by atoms with Gasteiger partial charge < -0.3 is 9.84 Å². The lowest BCUT2D eigenvalue weighted by atomic mass is 9.78. The molecule has 0 saturated heterocycles. The van der Waals surface area contributed by atoms with Crippen LogP contribution in [0.15, 0.2) is 30.3 Å². The van der Waals surface area contributed by atoms with Gasteiger partial charge in [-0.15, -0.1) is 0 Å². The minimum atomic E-state index is -1.12. The number of hydrogen-bond donors (Lipinski definition) is 1. The number of ether oxygens (including phenoxy) is 1. The number of ketones is 1. The minimum Gasteiger partial charge on any atom is -0.480 e. The van der Waals surface area contributed by atoms with E-state index >= 15 is 0 Å². The lowest BCUT2D eigenvalue weighted by Crippen LogP contribution is -2.29. The summed E-state index contributed by atoms with van der Waals surface area (Å²) < 4.78 is 5.21. The van der Waals surface area contributed by atoms with Gasteiger partial charge in [0.05, 0.1) is 10.4 Å². The van der Waals surface area contributed by atoms with Crippen LogP contribution in [-0.2, 0) is 16.6 Å². The predicted molar refractivity (Wildman–Crippen MR) is 96.2 cm³/mol. The highest BCUT2D eigenvalue weighted by atomic mass is 35.5. The Balaban J connectivity index is 2.06. The highest BCUT2D eigenvalue weighted by molar-refractivity contribution is 6.45. The molecule has 1 unspecified atom stereocenters. The van der Waals surface area contributed by atoms with Crippen LogP contribution in [0, 0.1) is 6.92 Å². The van der Waals surface area contributed by atoms with Crippen LogP contribution >= 0.6 is 23.2 Å². The van der Waals surface area contributed by atoms with Crippen molar-refractivity contribution in [2.24, 2.45) is 0 Å². The molecule has 1 aliphatic rings. The molecular formula is C19H16Cl2O4. The van der Waals surface area contributed by atoms with Crippen LogP contribution in [0.4, 0.5) is 0 Å². The molecule has 0 fully saturated rings. The van der Waals surface area contributed by atoms with E-state index in [1.54, 1.807) is 6.07 Å². The van der Waals surface area contributed by atoms with Crippen molar-refractivity contribution in [3.63, 3.8) is 0 Å². The van der Waals surface area contributed by atoms with E-state index in [2.05, 4.69) is 0 Å². The van der Waals surface area contributed by atoms with Gasteiger partial charge >= 0.3 is 5.97 Å². The van der Waals surface area contributed by atoms with E-state index in [0.29, 0.717) is 17.5 Å². The Kier molecular flexibility index (Phi) is 4.52. The average Bonchev–Trinajstić information content (AvgIpc) is 2.82. The fourth-order valence-corrected chi connectivity index (χ4v) is 3.74. The molecule has 4 nitrogen and oxygen atoms in total. The lowest BCUT2D eigenvalue weighted by Gasteiger charge is -2.23. The van der Waals surface area contributed by atoms with Crippen LogP contribution < -0.4 is 4.74 Å². The Morgan fingerprint density at radius 3 is 2.64 bits per heavy atom. The number of hydrogen-bond acceptors (Lipinski definition) is 3. The number of benzene rings is 2. The van der Waals surface area contributed by atoms with Gasteiger partial charge in [-0.3, -0.25) is 4.79 Å². The van der Waals surface area contributed by atoms with Crippen molar-refractivity contribution in [3.8, 4) is 5.75 Å². The second-order valence-corrected chi connectivity index (χ2v) is 7.18. The van der Waals surface area contributed by atoms with Crippen LogP contribution in [0.1, 0.15) is 34.0 Å². The van der Waals surface area contributed by atoms with E-state index in [-0.39, 0.29) is 21.6 Å². The monoisotopic (exact) mass is 378 g/mol. The van der Waals surface area contributed by atoms with Crippen molar-refractivity contribution < 1.29 is 19.4 Å². The molecule has 0 heterocycles. The van der Waals surface area contributed by atoms with Gasteiger partial charge in [0.25, 0.3) is 0 Å². The maximum atomic E-state index is 13.1. The summed E-state index contributed by atoms with van der Waals surface area (Å²) >= 11 is 12.5. The van der Waals surface area contributed by atoms with E-state index in [4.69, 9.17) is 33.0 Å². The smallest absolute Gasteiger partial charge is 0.341 e. The topological polar surface area (TPSA) is 63.6 Å². The summed E-state index contributed by atoms with van der Waals surface area (Å²) in [6, 6.07) is 9.42. The molecule has 0 spiro atoms. The first-order valence-electron chi connectivity index (χ1n) is 7.71. The van der Waals surface area contributed by atoms with Gasteiger partial charge in [0, 0.05) is 5.56 Å². The first-order valence-corrected chi connectivity index (χ1v) is 8.47. The van der Waals surface area contributed by atoms with Gasteiger partial charge in [-0.05, 0) is 37.5 Å². The molecule has 130 valence electrons. The predicted octanol–water partition coefficient (Wildman–Crippen LogP) is 4.46. The zero-order valence-electron chi connectivity index (χ0n) is 13.7. The molecule has 1 aliphatic carbocycles. The molecule has 1 N–H and O–H groups in total. The molecule has 0 saturated carbocycles. The molecule has 0 radical (unpaired) electrons. The third-order valence-corrected chi connectivity index (χ3v) is 5.38. The van der Waals surface area contributed by atoms with Crippen molar-refractivity contribution in [1.29, 1.82) is 0 Å². The number of fused-ring (bicyclic) bond motifs is 1. The molecule has 2 aromatic rings. The van der Waals surface area contributed by atoms with Gasteiger partial charge in [-0.1, -0.05) is 53.0 Å². The van der Waals surface area contributed by atoms with Gasteiger partial charge in [0.15, 0.2) is 12.4 Å². The molecular weight excluding hydrogens is 363 g/mol. The van der Waals surface area contributed by atoms with Crippen molar-refractivity contribution in [2.45, 2.75) is 25.7 Å². The minimum absolute atomic E-state index is 0.0588. The average molecular weight is 379 g/mol. The van der Waals surface area contributed by atoms with Gasteiger partial charge in [0.2, 0.25) is 0 Å². The Morgan fingerprint density at radius 2 is 2.00 bits per heavy atom. The maximum Gasteiger partial charge on any atom is 0.341 e. The third-order valence-electron chi connectivity index (χ3n) is 4.53. The number of carboxylic acids is 1. The highest BCUT2D eigenvalue weighted by Crippen LogP contribution is 2.47. The number of carboxylic acid groups (broad SMARTS) is 1. The molecule has 0 bridgehead atoms. The molecule has 0 aliphatic heterocycles. The van der Waals surface area contributed by atoms with Crippen LogP contribution in [0.2, 0.25) is 10.0 Å². The van der Waals surface area contributed by atoms with Crippen LogP contribution in [0.3, 0.4) is 0 Å². The summed E-state index contributed by atoms with van der Waals surface area (Å²) in [4.78, 5) is 23.8. The highest BCUT2D eigenvalue weighted by Gasteiger charge is 2.45. The Morgan fingerprint density at radius 1 is 1.28 bits per heavy atom. The third kappa shape index (κ3) is 3.00. The lowest BCUT2D eigenvalue weighted by molar-refractivity contribution is -0.139. The number of carbonyl (C=O) groups excluding carboxylic acids is 1.